The summed E-state index contributed by atoms with van der Waals surface area (Å²) in [5, 5.41) is 6.64. The van der Waals surface area contributed by atoms with Gasteiger partial charge in [0.25, 0.3) is 0 Å². The number of hydrogen-bond donors (Lipinski definition) is 2. The smallest absolute Gasteiger partial charge is 0.228 e. The summed E-state index contributed by atoms with van der Waals surface area (Å²) >= 11 is 0. The van der Waals surface area contributed by atoms with E-state index >= 15 is 0 Å². The van der Waals surface area contributed by atoms with Crippen molar-refractivity contribution in [2.45, 2.75) is 25.3 Å². The Morgan fingerprint density at radius 3 is 2.33 bits per heavy atom. The van der Waals surface area contributed by atoms with Gasteiger partial charge in [-0.25, -0.2) is 0 Å². The van der Waals surface area contributed by atoms with Crippen molar-refractivity contribution in [2.24, 2.45) is 0 Å². The predicted octanol–water partition coefficient (Wildman–Crippen LogP) is 3.37. The number of anilines is 2. The average molecular weight is 323 g/mol. The number of piperidine rings is 1. The van der Waals surface area contributed by atoms with E-state index in [2.05, 4.69) is 22.6 Å². The van der Waals surface area contributed by atoms with Gasteiger partial charge in [-0.2, -0.15) is 0 Å². The van der Waals surface area contributed by atoms with Gasteiger partial charge in [-0.15, -0.1) is 0 Å². The lowest BCUT2D eigenvalue weighted by molar-refractivity contribution is -0.115. The van der Waals surface area contributed by atoms with E-state index in [0.717, 1.165) is 42.9 Å². The molecule has 0 radical (unpaired) electrons. The van der Waals surface area contributed by atoms with Crippen LogP contribution in [0.15, 0.2) is 54.6 Å². The van der Waals surface area contributed by atoms with E-state index in [1.54, 1.807) is 0 Å². The van der Waals surface area contributed by atoms with Crippen LogP contribution in [0.5, 0.6) is 0 Å². The van der Waals surface area contributed by atoms with Crippen LogP contribution in [0.4, 0.5) is 11.4 Å². The average Bonchev–Trinajstić information content (AvgIpc) is 2.59. The van der Waals surface area contributed by atoms with Gasteiger partial charge >= 0.3 is 0 Å². The lowest BCUT2D eigenvalue weighted by atomic mass is 10.0. The van der Waals surface area contributed by atoms with Crippen molar-refractivity contribution >= 4 is 17.3 Å². The van der Waals surface area contributed by atoms with Crippen molar-refractivity contribution < 1.29 is 4.79 Å². The first kappa shape index (κ1) is 16.5. The molecule has 3 rings (SSSR count). The third-order valence-corrected chi connectivity index (χ3v) is 4.49. The maximum Gasteiger partial charge on any atom is 0.228 e. The number of carbonyl (C=O) groups excluding carboxylic acids is 1. The number of benzene rings is 2. The summed E-state index contributed by atoms with van der Waals surface area (Å²) in [5.41, 5.74) is 2.89. The van der Waals surface area contributed by atoms with E-state index in [1.165, 1.54) is 0 Å². The number of amides is 1. The van der Waals surface area contributed by atoms with Crippen molar-refractivity contribution in [3.05, 3.63) is 60.2 Å². The Morgan fingerprint density at radius 1 is 1.00 bits per heavy atom. The molecule has 0 unspecified atom stereocenters. The van der Waals surface area contributed by atoms with Gasteiger partial charge in [0, 0.05) is 6.04 Å². The molecule has 1 aliphatic heterocycles. The fraction of sp³-hybridized carbons (Fsp3) is 0.350. The number of likely N-dealkylation sites (tertiary alicyclic amines) is 1. The van der Waals surface area contributed by atoms with E-state index in [-0.39, 0.29) is 5.91 Å². The topological polar surface area (TPSA) is 44.4 Å². The zero-order valence-electron chi connectivity index (χ0n) is 14.2. The van der Waals surface area contributed by atoms with E-state index in [1.807, 2.05) is 54.6 Å². The zero-order chi connectivity index (χ0) is 16.8. The lowest BCUT2D eigenvalue weighted by Gasteiger charge is -2.30. The molecule has 4 heteroatoms. The minimum Gasteiger partial charge on any atom is -0.381 e. The van der Waals surface area contributed by atoms with Crippen LogP contribution in [0.1, 0.15) is 18.4 Å². The molecule has 2 aromatic carbocycles. The summed E-state index contributed by atoms with van der Waals surface area (Å²) < 4.78 is 0. The van der Waals surface area contributed by atoms with Gasteiger partial charge in [0.15, 0.2) is 0 Å². The van der Waals surface area contributed by atoms with Gasteiger partial charge in [-0.05, 0) is 50.7 Å². The van der Waals surface area contributed by atoms with E-state index < -0.39 is 0 Å². The lowest BCUT2D eigenvalue weighted by Crippen LogP contribution is -2.36. The highest BCUT2D eigenvalue weighted by atomic mass is 16.1. The Kier molecular flexibility index (Phi) is 5.49. The second-order valence-corrected chi connectivity index (χ2v) is 6.48. The predicted molar refractivity (Wildman–Crippen MR) is 99.4 cm³/mol. The summed E-state index contributed by atoms with van der Waals surface area (Å²) in [7, 11) is 2.16. The minimum atomic E-state index is 0.0128. The molecule has 24 heavy (non-hydrogen) atoms. The van der Waals surface area contributed by atoms with E-state index in [4.69, 9.17) is 0 Å². The Hall–Kier alpha value is -2.33. The Bertz CT molecular complexity index is 664. The van der Waals surface area contributed by atoms with Gasteiger partial charge in [0.2, 0.25) is 5.91 Å². The first-order valence-corrected chi connectivity index (χ1v) is 8.58. The molecule has 0 aliphatic carbocycles. The van der Waals surface area contributed by atoms with Crippen LogP contribution in [0.3, 0.4) is 0 Å². The second kappa shape index (κ2) is 7.97. The van der Waals surface area contributed by atoms with Crippen molar-refractivity contribution in [2.75, 3.05) is 30.8 Å². The van der Waals surface area contributed by atoms with Gasteiger partial charge in [0.1, 0.15) is 0 Å². The number of carbonyl (C=O) groups is 1. The molecule has 1 amide bonds. The third-order valence-electron chi connectivity index (χ3n) is 4.49. The molecule has 1 saturated heterocycles. The highest BCUT2D eigenvalue weighted by Crippen LogP contribution is 2.24. The first-order chi connectivity index (χ1) is 11.7. The second-order valence-electron chi connectivity index (χ2n) is 6.48. The van der Waals surface area contributed by atoms with Gasteiger partial charge < -0.3 is 15.5 Å². The van der Waals surface area contributed by atoms with Crippen LogP contribution in [0, 0.1) is 0 Å². The molecule has 0 spiro atoms. The Balaban J connectivity index is 1.62. The molecule has 0 aromatic heterocycles. The molecule has 1 heterocycles. The normalized spacial score (nSPS) is 15.9. The van der Waals surface area contributed by atoms with Gasteiger partial charge in [-0.3, -0.25) is 4.79 Å². The number of nitrogens with zero attached hydrogens (tertiary/aromatic N) is 1. The van der Waals surface area contributed by atoms with E-state index in [0.29, 0.717) is 12.5 Å². The van der Waals surface area contributed by atoms with Gasteiger partial charge in [0.05, 0.1) is 17.8 Å². The standard InChI is InChI=1S/C20H25N3O/c1-23-13-11-17(12-14-23)21-18-9-5-6-10-19(18)22-20(24)15-16-7-3-2-4-8-16/h2-10,17,21H,11-15H2,1H3,(H,22,24). The van der Waals surface area contributed by atoms with Crippen molar-refractivity contribution in [3.8, 4) is 0 Å². The minimum absolute atomic E-state index is 0.0128. The Labute approximate surface area is 143 Å². The maximum absolute atomic E-state index is 12.3. The molecular weight excluding hydrogens is 298 g/mol. The largest absolute Gasteiger partial charge is 0.381 e. The molecule has 2 aromatic rings. The van der Waals surface area contributed by atoms with Crippen molar-refractivity contribution in [3.63, 3.8) is 0 Å². The van der Waals surface area contributed by atoms with Crippen molar-refractivity contribution in [1.82, 2.24) is 4.90 Å². The van der Waals surface area contributed by atoms with Gasteiger partial charge in [-0.1, -0.05) is 42.5 Å². The highest BCUT2D eigenvalue weighted by molar-refractivity contribution is 5.95. The number of hydrogen-bond acceptors (Lipinski definition) is 3. The maximum atomic E-state index is 12.3. The van der Waals surface area contributed by atoms with Crippen LogP contribution < -0.4 is 10.6 Å². The summed E-state index contributed by atoms with van der Waals surface area (Å²) in [6, 6.07) is 18.2. The molecule has 2 N–H and O–H groups in total. The highest BCUT2D eigenvalue weighted by Gasteiger charge is 2.17. The fourth-order valence-corrected chi connectivity index (χ4v) is 3.07. The summed E-state index contributed by atoms with van der Waals surface area (Å²) in [6.07, 6.45) is 2.65. The van der Waals surface area contributed by atoms with Crippen LogP contribution in [0.2, 0.25) is 0 Å². The van der Waals surface area contributed by atoms with Crippen LogP contribution in [-0.2, 0) is 11.2 Å². The van der Waals surface area contributed by atoms with Crippen LogP contribution in [-0.4, -0.2) is 37.0 Å². The van der Waals surface area contributed by atoms with E-state index in [9.17, 15) is 4.79 Å². The molecule has 0 atom stereocenters. The Morgan fingerprint density at radius 2 is 1.62 bits per heavy atom. The van der Waals surface area contributed by atoms with Crippen LogP contribution >= 0.6 is 0 Å². The number of para-hydroxylation sites is 2. The molecule has 4 nitrogen and oxygen atoms in total. The molecule has 0 saturated carbocycles. The number of nitrogens with one attached hydrogen (secondary N) is 2. The summed E-state index contributed by atoms with van der Waals surface area (Å²) in [5.74, 6) is 0.0128. The van der Waals surface area contributed by atoms with Crippen molar-refractivity contribution in [1.29, 1.82) is 0 Å². The molecule has 0 bridgehead atoms. The number of rotatable bonds is 5. The fourth-order valence-electron chi connectivity index (χ4n) is 3.07. The molecule has 1 aliphatic rings. The third kappa shape index (κ3) is 4.59. The molecule has 126 valence electrons. The summed E-state index contributed by atoms with van der Waals surface area (Å²) in [6.45, 7) is 2.22. The molecule has 1 fully saturated rings. The quantitative estimate of drug-likeness (QED) is 0.887. The first-order valence-electron chi connectivity index (χ1n) is 8.58. The monoisotopic (exact) mass is 323 g/mol. The SMILES string of the molecule is CN1CCC(Nc2ccccc2NC(=O)Cc2ccccc2)CC1. The molecular formula is C20H25N3O. The zero-order valence-corrected chi connectivity index (χ0v) is 14.2. The van der Waals surface area contributed by atoms with Crippen LogP contribution in [0.25, 0.3) is 0 Å². The summed E-state index contributed by atoms with van der Waals surface area (Å²) in [4.78, 5) is 14.7.